The Morgan fingerprint density at radius 2 is 1.71 bits per heavy atom. The molecule has 0 aromatic heterocycles. The molecule has 1 N–H and O–H groups in total. The van der Waals surface area contributed by atoms with Crippen LogP contribution >= 0.6 is 11.6 Å². The molecule has 1 aliphatic heterocycles. The van der Waals surface area contributed by atoms with E-state index in [2.05, 4.69) is 5.32 Å². The van der Waals surface area contributed by atoms with Crippen LogP contribution in [0, 0.1) is 11.8 Å². The number of rotatable bonds is 4. The second kappa shape index (κ2) is 6.93. The van der Waals surface area contributed by atoms with Crippen LogP contribution in [0.4, 0.5) is 0 Å². The van der Waals surface area contributed by atoms with Crippen molar-refractivity contribution in [2.45, 2.75) is 45.2 Å². The van der Waals surface area contributed by atoms with Gasteiger partial charge in [0.2, 0.25) is 17.7 Å². The summed E-state index contributed by atoms with van der Waals surface area (Å²) >= 11 is 5.83. The maximum absolute atomic E-state index is 12.5. The molecular weight excluding hydrogens is 328 g/mol. The van der Waals surface area contributed by atoms with Gasteiger partial charge in [0, 0.05) is 11.6 Å². The van der Waals surface area contributed by atoms with Crippen LogP contribution in [0.5, 0.6) is 0 Å². The van der Waals surface area contributed by atoms with E-state index in [1.54, 1.807) is 19.1 Å². The number of fused-ring (bicyclic) bond motifs is 1. The molecule has 1 aliphatic carbocycles. The fourth-order valence-corrected chi connectivity index (χ4v) is 3.75. The lowest BCUT2D eigenvalue weighted by atomic mass is 9.81. The lowest BCUT2D eigenvalue weighted by Crippen LogP contribution is -2.48. The Labute approximate surface area is 146 Å². The van der Waals surface area contributed by atoms with Crippen molar-refractivity contribution in [3.8, 4) is 0 Å². The minimum absolute atomic E-state index is 0.182. The second-order valence-corrected chi connectivity index (χ2v) is 7.00. The van der Waals surface area contributed by atoms with Crippen molar-refractivity contribution in [1.29, 1.82) is 0 Å². The summed E-state index contributed by atoms with van der Waals surface area (Å²) in [7, 11) is 0. The number of carbonyl (C=O) groups excluding carboxylic acids is 3. The molecule has 0 bridgehead atoms. The van der Waals surface area contributed by atoms with Crippen molar-refractivity contribution in [3.05, 3.63) is 34.9 Å². The van der Waals surface area contributed by atoms with E-state index in [0.29, 0.717) is 11.6 Å². The van der Waals surface area contributed by atoms with Crippen LogP contribution in [-0.2, 0) is 20.9 Å². The standard InChI is InChI=1S/C18H21ClN2O3/c1-11(16(22)20-10-12-6-8-13(19)9-7-12)21-17(23)14-4-2-3-5-15(14)18(21)24/h6-9,11,14-15H,2-5,10H2,1H3,(H,20,22). The van der Waals surface area contributed by atoms with E-state index in [1.807, 2.05) is 12.1 Å². The molecule has 3 unspecified atom stereocenters. The molecule has 3 amide bonds. The Morgan fingerprint density at radius 1 is 1.17 bits per heavy atom. The van der Waals surface area contributed by atoms with Crippen LogP contribution in [-0.4, -0.2) is 28.7 Å². The smallest absolute Gasteiger partial charge is 0.243 e. The van der Waals surface area contributed by atoms with Crippen molar-refractivity contribution in [3.63, 3.8) is 0 Å². The molecule has 1 aromatic rings. The van der Waals surface area contributed by atoms with Gasteiger partial charge in [-0.05, 0) is 37.5 Å². The zero-order valence-electron chi connectivity index (χ0n) is 13.6. The molecule has 2 aliphatic rings. The van der Waals surface area contributed by atoms with Gasteiger partial charge in [-0.1, -0.05) is 36.6 Å². The molecule has 0 radical (unpaired) electrons. The van der Waals surface area contributed by atoms with Crippen LogP contribution in [0.15, 0.2) is 24.3 Å². The van der Waals surface area contributed by atoms with E-state index < -0.39 is 6.04 Å². The SMILES string of the molecule is CC(C(=O)NCc1ccc(Cl)cc1)N1C(=O)C2CCCCC2C1=O. The number of nitrogens with one attached hydrogen (secondary N) is 1. The molecule has 0 spiro atoms. The molecular formula is C18H21ClN2O3. The van der Waals surface area contributed by atoms with Crippen LogP contribution in [0.3, 0.4) is 0 Å². The number of carbonyl (C=O) groups is 3. The Hall–Kier alpha value is -1.88. The summed E-state index contributed by atoms with van der Waals surface area (Å²) in [6, 6.07) is 6.39. The first-order valence-electron chi connectivity index (χ1n) is 8.38. The van der Waals surface area contributed by atoms with E-state index in [1.165, 1.54) is 4.90 Å². The Kier molecular flexibility index (Phi) is 4.90. The third kappa shape index (κ3) is 3.18. The van der Waals surface area contributed by atoms with Gasteiger partial charge in [-0.15, -0.1) is 0 Å². The van der Waals surface area contributed by atoms with Gasteiger partial charge >= 0.3 is 0 Å². The quantitative estimate of drug-likeness (QED) is 0.850. The summed E-state index contributed by atoms with van der Waals surface area (Å²) in [6.45, 7) is 1.95. The minimum atomic E-state index is -0.775. The van der Waals surface area contributed by atoms with E-state index in [4.69, 9.17) is 11.6 Å². The summed E-state index contributed by atoms with van der Waals surface area (Å²) in [5.74, 6) is -1.13. The van der Waals surface area contributed by atoms with Crippen molar-refractivity contribution in [2.24, 2.45) is 11.8 Å². The van der Waals surface area contributed by atoms with Crippen molar-refractivity contribution in [2.75, 3.05) is 0 Å². The van der Waals surface area contributed by atoms with Gasteiger partial charge in [-0.3, -0.25) is 19.3 Å². The molecule has 5 nitrogen and oxygen atoms in total. The first kappa shape index (κ1) is 17.0. The second-order valence-electron chi connectivity index (χ2n) is 6.56. The molecule has 128 valence electrons. The number of hydrogen-bond donors (Lipinski definition) is 1. The summed E-state index contributed by atoms with van der Waals surface area (Å²) in [5.41, 5.74) is 0.910. The average molecular weight is 349 g/mol. The van der Waals surface area contributed by atoms with Crippen molar-refractivity contribution < 1.29 is 14.4 Å². The zero-order chi connectivity index (χ0) is 17.3. The first-order chi connectivity index (χ1) is 11.5. The predicted octanol–water partition coefficient (Wildman–Crippen LogP) is 2.52. The van der Waals surface area contributed by atoms with Crippen LogP contribution in [0.2, 0.25) is 5.02 Å². The van der Waals surface area contributed by atoms with Gasteiger partial charge in [0.05, 0.1) is 11.8 Å². The number of nitrogens with zero attached hydrogens (tertiary/aromatic N) is 1. The predicted molar refractivity (Wildman–Crippen MR) is 90.1 cm³/mol. The number of likely N-dealkylation sites (tertiary alicyclic amines) is 1. The number of amides is 3. The Morgan fingerprint density at radius 3 is 2.25 bits per heavy atom. The largest absolute Gasteiger partial charge is 0.350 e. The van der Waals surface area contributed by atoms with Crippen LogP contribution in [0.25, 0.3) is 0 Å². The van der Waals surface area contributed by atoms with Gasteiger partial charge in [0.15, 0.2) is 0 Å². The minimum Gasteiger partial charge on any atom is -0.350 e. The molecule has 3 atom stereocenters. The van der Waals surface area contributed by atoms with Gasteiger partial charge in [-0.2, -0.15) is 0 Å². The van der Waals surface area contributed by atoms with E-state index >= 15 is 0 Å². The highest BCUT2D eigenvalue weighted by atomic mass is 35.5. The van der Waals surface area contributed by atoms with Crippen molar-refractivity contribution >= 4 is 29.3 Å². The van der Waals surface area contributed by atoms with Gasteiger partial charge in [0.25, 0.3) is 0 Å². The highest BCUT2D eigenvalue weighted by Gasteiger charge is 2.50. The first-order valence-corrected chi connectivity index (χ1v) is 8.76. The molecule has 2 fully saturated rings. The maximum Gasteiger partial charge on any atom is 0.243 e. The summed E-state index contributed by atoms with van der Waals surface area (Å²) in [6.07, 6.45) is 3.46. The number of benzene rings is 1. The third-order valence-electron chi connectivity index (χ3n) is 5.02. The average Bonchev–Trinajstić information content (AvgIpc) is 2.85. The van der Waals surface area contributed by atoms with Gasteiger partial charge < -0.3 is 5.32 Å². The fraction of sp³-hybridized carbons (Fsp3) is 0.500. The topological polar surface area (TPSA) is 66.5 Å². The summed E-state index contributed by atoms with van der Waals surface area (Å²) in [4.78, 5) is 38.6. The fourth-order valence-electron chi connectivity index (χ4n) is 3.63. The van der Waals surface area contributed by atoms with E-state index in [-0.39, 0.29) is 29.6 Å². The molecule has 1 saturated carbocycles. The third-order valence-corrected chi connectivity index (χ3v) is 5.27. The van der Waals surface area contributed by atoms with E-state index in [0.717, 1.165) is 31.2 Å². The molecule has 1 aromatic carbocycles. The lowest BCUT2D eigenvalue weighted by molar-refractivity contribution is -0.147. The maximum atomic E-state index is 12.5. The monoisotopic (exact) mass is 348 g/mol. The Balaban J connectivity index is 1.63. The highest BCUT2D eigenvalue weighted by Crippen LogP contribution is 2.38. The lowest BCUT2D eigenvalue weighted by Gasteiger charge is -2.22. The zero-order valence-corrected chi connectivity index (χ0v) is 14.4. The highest BCUT2D eigenvalue weighted by molar-refractivity contribution is 6.30. The number of hydrogen-bond acceptors (Lipinski definition) is 3. The number of halogens is 1. The normalized spacial score (nSPS) is 24.7. The molecule has 1 heterocycles. The van der Waals surface area contributed by atoms with Crippen LogP contribution < -0.4 is 5.32 Å². The molecule has 3 rings (SSSR count). The number of imide groups is 1. The van der Waals surface area contributed by atoms with Gasteiger partial charge in [0.1, 0.15) is 6.04 Å². The summed E-state index contributed by atoms with van der Waals surface area (Å²) in [5, 5.41) is 3.42. The molecule has 1 saturated heterocycles. The van der Waals surface area contributed by atoms with E-state index in [9.17, 15) is 14.4 Å². The molecule has 6 heteroatoms. The molecule has 24 heavy (non-hydrogen) atoms. The van der Waals surface area contributed by atoms with Crippen molar-refractivity contribution in [1.82, 2.24) is 10.2 Å². The summed E-state index contributed by atoms with van der Waals surface area (Å²) < 4.78 is 0. The Bertz CT molecular complexity index is 635. The van der Waals surface area contributed by atoms with Gasteiger partial charge in [-0.25, -0.2) is 0 Å². The van der Waals surface area contributed by atoms with Crippen LogP contribution in [0.1, 0.15) is 38.2 Å².